The molecule has 0 radical (unpaired) electrons. The number of benzene rings is 2. The van der Waals surface area contributed by atoms with Crippen molar-refractivity contribution in [2.75, 3.05) is 12.0 Å². The highest BCUT2D eigenvalue weighted by Gasteiger charge is 2.21. The van der Waals surface area contributed by atoms with E-state index in [4.69, 9.17) is 4.74 Å². The van der Waals surface area contributed by atoms with Crippen molar-refractivity contribution in [2.45, 2.75) is 26.5 Å². The van der Waals surface area contributed by atoms with E-state index in [2.05, 4.69) is 15.5 Å². The largest absolute Gasteiger partial charge is 0.507 e. The minimum atomic E-state index is -1.01. The number of phenolic OH excluding ortho intramolecular Hbond substituents is 1. The van der Waals surface area contributed by atoms with Gasteiger partial charge < -0.3 is 19.5 Å². The van der Waals surface area contributed by atoms with Crippen LogP contribution in [0.3, 0.4) is 0 Å². The molecule has 0 saturated heterocycles. The molecule has 11 nitrogen and oxygen atoms in total. The highest BCUT2D eigenvalue weighted by Crippen LogP contribution is 2.20. The quantitative estimate of drug-likeness (QED) is 0.252. The Balaban J connectivity index is 1.71. The molecule has 4 rings (SSSR count). The molecule has 0 amide bonds. The van der Waals surface area contributed by atoms with Gasteiger partial charge in [-0.2, -0.15) is 10.1 Å². The molecule has 0 aliphatic heterocycles. The molecule has 0 aliphatic carbocycles. The van der Waals surface area contributed by atoms with E-state index in [1.54, 1.807) is 31.2 Å². The molecule has 2 heterocycles. The van der Waals surface area contributed by atoms with E-state index in [1.807, 2.05) is 31.2 Å². The Labute approximate surface area is 206 Å². The number of ether oxygens (including phenoxy) is 1. The number of para-hydroxylation sites is 2. The van der Waals surface area contributed by atoms with Crippen LogP contribution in [0.2, 0.25) is 0 Å². The maximum absolute atomic E-state index is 13.0. The lowest BCUT2D eigenvalue weighted by Gasteiger charge is -2.16. The molecule has 0 spiro atoms. The third-order valence-electron chi connectivity index (χ3n) is 5.88. The fourth-order valence-electron chi connectivity index (χ4n) is 3.85. The smallest absolute Gasteiger partial charge is 0.332 e. The van der Waals surface area contributed by atoms with Crippen LogP contribution >= 0.6 is 0 Å². The number of nitrogens with zero attached hydrogens (tertiary/aromatic N) is 5. The number of rotatable bonds is 8. The standard InChI is InChI=1S/C25H28N6O5/c1-15-9-5-8-12-20(15)36-14-17(32)13-31-21-22(29(3)25(35)30(4)23(21)34)26-24(31)28-27-16(2)18-10-6-7-11-19(18)33/h5-12,17,32-33H,13-14H2,1-4H3,(H,26,28)/b27-16+/t17-/m1/s1. The lowest BCUT2D eigenvalue weighted by atomic mass is 10.1. The van der Waals surface area contributed by atoms with Crippen molar-refractivity contribution in [1.29, 1.82) is 0 Å². The molecular weight excluding hydrogens is 464 g/mol. The third kappa shape index (κ3) is 4.73. The Hall–Kier alpha value is -4.38. The van der Waals surface area contributed by atoms with Gasteiger partial charge in [0, 0.05) is 19.7 Å². The number of phenols is 1. The number of aliphatic hydroxyl groups excluding tert-OH is 1. The Morgan fingerprint density at radius 2 is 1.81 bits per heavy atom. The van der Waals surface area contributed by atoms with Crippen LogP contribution in [0.25, 0.3) is 11.2 Å². The van der Waals surface area contributed by atoms with E-state index >= 15 is 0 Å². The highest BCUT2D eigenvalue weighted by atomic mass is 16.5. The van der Waals surface area contributed by atoms with Gasteiger partial charge in [0.2, 0.25) is 5.95 Å². The van der Waals surface area contributed by atoms with Gasteiger partial charge in [0.1, 0.15) is 24.2 Å². The average Bonchev–Trinajstić information content (AvgIpc) is 3.22. The molecule has 188 valence electrons. The second-order valence-corrected chi connectivity index (χ2v) is 8.48. The van der Waals surface area contributed by atoms with E-state index < -0.39 is 17.4 Å². The molecule has 0 fully saturated rings. The monoisotopic (exact) mass is 492 g/mol. The number of aromatic nitrogens is 4. The highest BCUT2D eigenvalue weighted by molar-refractivity contribution is 6.01. The second kappa shape index (κ2) is 10.1. The molecule has 11 heteroatoms. The van der Waals surface area contributed by atoms with Crippen molar-refractivity contribution in [3.8, 4) is 11.5 Å². The Morgan fingerprint density at radius 3 is 2.53 bits per heavy atom. The van der Waals surface area contributed by atoms with E-state index in [-0.39, 0.29) is 36.0 Å². The summed E-state index contributed by atoms with van der Waals surface area (Å²) >= 11 is 0. The van der Waals surface area contributed by atoms with Crippen LogP contribution in [0.15, 0.2) is 63.2 Å². The van der Waals surface area contributed by atoms with E-state index in [1.165, 1.54) is 23.2 Å². The lowest BCUT2D eigenvalue weighted by molar-refractivity contribution is 0.0935. The molecule has 0 aliphatic rings. The van der Waals surface area contributed by atoms with Gasteiger partial charge in [0.25, 0.3) is 5.56 Å². The Bertz CT molecular complexity index is 1570. The molecule has 0 bridgehead atoms. The maximum Gasteiger partial charge on any atom is 0.332 e. The molecular formula is C25H28N6O5. The number of aliphatic hydroxyl groups is 1. The predicted molar refractivity (Wildman–Crippen MR) is 137 cm³/mol. The van der Waals surface area contributed by atoms with Gasteiger partial charge in [-0.25, -0.2) is 10.2 Å². The summed E-state index contributed by atoms with van der Waals surface area (Å²) in [7, 11) is 2.90. The zero-order valence-corrected chi connectivity index (χ0v) is 20.5. The number of imidazole rings is 1. The molecule has 4 aromatic rings. The zero-order chi connectivity index (χ0) is 26.0. The molecule has 3 N–H and O–H groups in total. The normalized spacial score (nSPS) is 12.6. The molecule has 2 aromatic carbocycles. The van der Waals surface area contributed by atoms with Crippen LogP contribution in [0.1, 0.15) is 18.1 Å². The summed E-state index contributed by atoms with van der Waals surface area (Å²) in [6.45, 7) is 3.52. The second-order valence-electron chi connectivity index (χ2n) is 8.48. The summed E-state index contributed by atoms with van der Waals surface area (Å²) in [5.41, 5.74) is 3.94. The van der Waals surface area contributed by atoms with Crippen molar-refractivity contribution in [3.05, 3.63) is 80.5 Å². The van der Waals surface area contributed by atoms with Gasteiger partial charge in [-0.1, -0.05) is 30.3 Å². The summed E-state index contributed by atoms with van der Waals surface area (Å²) < 4.78 is 9.49. The third-order valence-corrected chi connectivity index (χ3v) is 5.88. The minimum Gasteiger partial charge on any atom is -0.507 e. The fourth-order valence-corrected chi connectivity index (χ4v) is 3.85. The summed E-state index contributed by atoms with van der Waals surface area (Å²) in [4.78, 5) is 29.9. The number of fused-ring (bicyclic) bond motifs is 1. The topological polar surface area (TPSA) is 136 Å². The van der Waals surface area contributed by atoms with Crippen LogP contribution in [-0.2, 0) is 20.6 Å². The van der Waals surface area contributed by atoms with Gasteiger partial charge in [-0.15, -0.1) is 0 Å². The number of nitrogens with one attached hydrogen (secondary N) is 1. The van der Waals surface area contributed by atoms with Gasteiger partial charge in [-0.3, -0.25) is 13.9 Å². The number of aromatic hydroxyl groups is 1. The first kappa shape index (κ1) is 24.7. The first-order valence-corrected chi connectivity index (χ1v) is 11.3. The average molecular weight is 493 g/mol. The fraction of sp³-hybridized carbons (Fsp3) is 0.280. The first-order chi connectivity index (χ1) is 17.2. The van der Waals surface area contributed by atoms with Crippen molar-refractivity contribution in [1.82, 2.24) is 18.7 Å². The molecule has 36 heavy (non-hydrogen) atoms. The van der Waals surface area contributed by atoms with Crippen molar-refractivity contribution in [2.24, 2.45) is 19.2 Å². The maximum atomic E-state index is 13.0. The number of hydrogen-bond donors (Lipinski definition) is 3. The zero-order valence-electron chi connectivity index (χ0n) is 20.5. The summed E-state index contributed by atoms with van der Waals surface area (Å²) in [6, 6.07) is 14.2. The molecule has 0 unspecified atom stereocenters. The van der Waals surface area contributed by atoms with E-state index in [9.17, 15) is 19.8 Å². The minimum absolute atomic E-state index is 0.0315. The Kier molecular flexibility index (Phi) is 6.93. The predicted octanol–water partition coefficient (Wildman–Crippen LogP) is 1.72. The van der Waals surface area contributed by atoms with Crippen molar-refractivity contribution < 1.29 is 14.9 Å². The summed E-state index contributed by atoms with van der Waals surface area (Å²) in [5.74, 6) is 0.855. The molecule has 1 atom stereocenters. The SMILES string of the molecule is C/C(=N\Nc1nc2c(c(=O)n(C)c(=O)n2C)n1C[C@@H](O)COc1ccccc1C)c1ccccc1O. The van der Waals surface area contributed by atoms with Gasteiger partial charge in [0.15, 0.2) is 11.2 Å². The number of aryl methyl sites for hydroxylation is 2. The molecule has 0 saturated carbocycles. The van der Waals surface area contributed by atoms with Crippen LogP contribution in [0, 0.1) is 6.92 Å². The van der Waals surface area contributed by atoms with E-state index in [0.717, 1.165) is 10.1 Å². The summed E-state index contributed by atoms with van der Waals surface area (Å²) in [6.07, 6.45) is -1.01. The van der Waals surface area contributed by atoms with Crippen molar-refractivity contribution in [3.63, 3.8) is 0 Å². The first-order valence-electron chi connectivity index (χ1n) is 11.3. The number of hydrogen-bond acceptors (Lipinski definition) is 8. The lowest BCUT2D eigenvalue weighted by Crippen LogP contribution is -2.38. The van der Waals surface area contributed by atoms with Gasteiger partial charge in [0.05, 0.1) is 12.3 Å². The number of hydrazone groups is 1. The van der Waals surface area contributed by atoms with Crippen LogP contribution in [-0.4, -0.2) is 47.3 Å². The van der Waals surface area contributed by atoms with Gasteiger partial charge in [-0.05, 0) is 37.6 Å². The van der Waals surface area contributed by atoms with Crippen LogP contribution < -0.4 is 21.4 Å². The van der Waals surface area contributed by atoms with Crippen LogP contribution in [0.5, 0.6) is 11.5 Å². The number of anilines is 1. The Morgan fingerprint density at radius 1 is 1.11 bits per heavy atom. The summed E-state index contributed by atoms with van der Waals surface area (Å²) in [5, 5.41) is 25.2. The van der Waals surface area contributed by atoms with E-state index in [0.29, 0.717) is 17.0 Å². The van der Waals surface area contributed by atoms with Crippen molar-refractivity contribution >= 4 is 22.8 Å². The molecule has 2 aromatic heterocycles. The van der Waals surface area contributed by atoms with Gasteiger partial charge >= 0.3 is 5.69 Å². The van der Waals surface area contributed by atoms with Crippen LogP contribution in [0.4, 0.5) is 5.95 Å².